The van der Waals surface area contributed by atoms with E-state index in [1.54, 1.807) is 24.3 Å². The molecule has 1 fully saturated rings. The Morgan fingerprint density at radius 3 is 2.29 bits per heavy atom. The standard InChI is InChI=1S/C23H27N3O8/c27-13-16-19(18(29)22(34-16)26-11-9-17(28)24-23(26)32)33-12-6-2-1-5-10-25-20(30)14-7-3-4-8-15(14)21(25)31/h3-4,7-9,11,16,18-19,22,27,29H,1-2,5-6,10,12-13H2,(H,24,28,32). The van der Waals surface area contributed by atoms with Gasteiger partial charge in [0.1, 0.15) is 18.3 Å². The number of hydrogen-bond acceptors (Lipinski definition) is 8. The van der Waals surface area contributed by atoms with E-state index in [0.29, 0.717) is 37.1 Å². The summed E-state index contributed by atoms with van der Waals surface area (Å²) in [5, 5.41) is 20.2. The number of ether oxygens (including phenoxy) is 2. The maximum atomic E-state index is 12.4. The van der Waals surface area contributed by atoms with Crippen LogP contribution in [0.15, 0.2) is 46.1 Å². The molecule has 2 aromatic rings. The van der Waals surface area contributed by atoms with Gasteiger partial charge in [-0.15, -0.1) is 0 Å². The first-order valence-corrected chi connectivity index (χ1v) is 11.2. The zero-order valence-corrected chi connectivity index (χ0v) is 18.5. The summed E-state index contributed by atoms with van der Waals surface area (Å²) in [5.41, 5.74) is -0.409. The molecule has 2 aliphatic heterocycles. The summed E-state index contributed by atoms with van der Waals surface area (Å²) in [6, 6.07) is 7.93. The number of nitrogens with one attached hydrogen (secondary N) is 1. The third kappa shape index (κ3) is 4.73. The second kappa shape index (κ2) is 10.4. The number of imide groups is 1. The van der Waals surface area contributed by atoms with Crippen LogP contribution in [0, 0.1) is 0 Å². The highest BCUT2D eigenvalue weighted by molar-refractivity contribution is 6.21. The Balaban J connectivity index is 1.20. The quantitative estimate of drug-likeness (QED) is 0.323. The van der Waals surface area contributed by atoms with Crippen LogP contribution in [0.25, 0.3) is 0 Å². The number of amides is 2. The van der Waals surface area contributed by atoms with Gasteiger partial charge in [0.25, 0.3) is 17.4 Å². The Hall–Kier alpha value is -3.12. The number of fused-ring (bicyclic) bond motifs is 1. The maximum absolute atomic E-state index is 12.4. The van der Waals surface area contributed by atoms with Gasteiger partial charge in [-0.2, -0.15) is 0 Å². The Morgan fingerprint density at radius 1 is 0.971 bits per heavy atom. The molecule has 11 nitrogen and oxygen atoms in total. The normalized spacial score (nSPS) is 24.1. The van der Waals surface area contributed by atoms with Crippen molar-refractivity contribution < 1.29 is 29.3 Å². The minimum atomic E-state index is -1.21. The number of aromatic nitrogens is 2. The first-order valence-electron chi connectivity index (χ1n) is 11.2. The first kappa shape index (κ1) is 24.0. The van der Waals surface area contributed by atoms with E-state index < -0.39 is 42.4 Å². The lowest BCUT2D eigenvalue weighted by Gasteiger charge is -2.20. The van der Waals surface area contributed by atoms with Gasteiger partial charge in [0.15, 0.2) is 6.23 Å². The molecule has 11 heteroatoms. The molecule has 0 aliphatic carbocycles. The third-order valence-corrected chi connectivity index (χ3v) is 6.08. The SMILES string of the molecule is O=C1c2ccccc2C(=O)N1CCCCCCOC1C(CO)OC(n2ccc(=O)[nH]c2=O)C1O. The second-order valence-electron chi connectivity index (χ2n) is 8.31. The lowest BCUT2D eigenvalue weighted by atomic mass is 10.1. The van der Waals surface area contributed by atoms with Crippen LogP contribution in [-0.4, -0.2) is 74.5 Å². The smallest absolute Gasteiger partial charge is 0.330 e. The average molecular weight is 473 g/mol. The van der Waals surface area contributed by atoms with Gasteiger partial charge in [0, 0.05) is 25.4 Å². The Labute approximate surface area is 194 Å². The number of carbonyl (C=O) groups excluding carboxylic acids is 2. The molecule has 0 saturated carbocycles. The predicted molar refractivity (Wildman–Crippen MR) is 118 cm³/mol. The highest BCUT2D eigenvalue weighted by Gasteiger charge is 2.45. The van der Waals surface area contributed by atoms with E-state index in [1.165, 1.54) is 11.1 Å². The fourth-order valence-electron chi connectivity index (χ4n) is 4.32. The molecule has 4 unspecified atom stereocenters. The topological polar surface area (TPSA) is 151 Å². The highest BCUT2D eigenvalue weighted by Crippen LogP contribution is 2.30. The summed E-state index contributed by atoms with van der Waals surface area (Å²) in [4.78, 5) is 51.4. The lowest BCUT2D eigenvalue weighted by molar-refractivity contribution is -0.0626. The molecule has 0 radical (unpaired) electrons. The second-order valence-corrected chi connectivity index (χ2v) is 8.31. The highest BCUT2D eigenvalue weighted by atomic mass is 16.6. The number of carbonyl (C=O) groups is 2. The van der Waals surface area contributed by atoms with E-state index >= 15 is 0 Å². The number of hydrogen-bond donors (Lipinski definition) is 3. The van der Waals surface area contributed by atoms with E-state index in [-0.39, 0.29) is 11.8 Å². The average Bonchev–Trinajstić information content (AvgIpc) is 3.27. The monoisotopic (exact) mass is 473 g/mol. The van der Waals surface area contributed by atoms with Crippen LogP contribution < -0.4 is 11.2 Å². The summed E-state index contributed by atoms with van der Waals surface area (Å²) < 4.78 is 12.4. The van der Waals surface area contributed by atoms with E-state index in [4.69, 9.17) is 9.47 Å². The Bertz CT molecular complexity index is 1120. The molecular formula is C23H27N3O8. The van der Waals surface area contributed by atoms with E-state index in [2.05, 4.69) is 4.98 Å². The molecule has 182 valence electrons. The number of rotatable bonds is 10. The van der Waals surface area contributed by atoms with Crippen molar-refractivity contribution in [2.75, 3.05) is 19.8 Å². The van der Waals surface area contributed by atoms with Crippen molar-refractivity contribution in [1.29, 1.82) is 0 Å². The number of H-pyrrole nitrogens is 1. The molecule has 34 heavy (non-hydrogen) atoms. The molecule has 0 spiro atoms. The minimum absolute atomic E-state index is 0.259. The predicted octanol–water partition coefficient (Wildman–Crippen LogP) is 0.0290. The van der Waals surface area contributed by atoms with Crippen LogP contribution in [0.2, 0.25) is 0 Å². The van der Waals surface area contributed by atoms with Crippen molar-refractivity contribution in [2.24, 2.45) is 0 Å². The molecule has 2 amide bonds. The van der Waals surface area contributed by atoms with E-state index in [0.717, 1.165) is 23.5 Å². The first-order chi connectivity index (χ1) is 16.4. The van der Waals surface area contributed by atoms with Crippen molar-refractivity contribution >= 4 is 11.8 Å². The lowest BCUT2D eigenvalue weighted by Crippen LogP contribution is -2.39. The molecule has 0 bridgehead atoms. The van der Waals surface area contributed by atoms with Crippen molar-refractivity contribution in [2.45, 2.75) is 50.2 Å². The van der Waals surface area contributed by atoms with Crippen LogP contribution >= 0.6 is 0 Å². The zero-order chi connectivity index (χ0) is 24.2. The van der Waals surface area contributed by atoms with Gasteiger partial charge in [-0.1, -0.05) is 25.0 Å². The van der Waals surface area contributed by atoms with Crippen molar-refractivity contribution in [3.05, 3.63) is 68.5 Å². The largest absolute Gasteiger partial charge is 0.394 e. The molecule has 3 heterocycles. The zero-order valence-electron chi connectivity index (χ0n) is 18.5. The molecule has 4 atom stereocenters. The van der Waals surface area contributed by atoms with Crippen LogP contribution in [0.1, 0.15) is 52.6 Å². The Kier molecular flexibility index (Phi) is 7.37. The molecular weight excluding hydrogens is 446 g/mol. The third-order valence-electron chi connectivity index (χ3n) is 6.08. The van der Waals surface area contributed by atoms with Gasteiger partial charge < -0.3 is 19.7 Å². The van der Waals surface area contributed by atoms with Crippen LogP contribution in [0.4, 0.5) is 0 Å². The number of nitrogens with zero attached hydrogens (tertiary/aromatic N) is 2. The summed E-state index contributed by atoms with van der Waals surface area (Å²) >= 11 is 0. The number of aliphatic hydroxyl groups is 2. The van der Waals surface area contributed by atoms with Crippen LogP contribution in [0.5, 0.6) is 0 Å². The minimum Gasteiger partial charge on any atom is -0.394 e. The van der Waals surface area contributed by atoms with Crippen molar-refractivity contribution in [3.63, 3.8) is 0 Å². The number of benzene rings is 1. The molecule has 1 aromatic heterocycles. The fourth-order valence-corrected chi connectivity index (χ4v) is 4.32. The maximum Gasteiger partial charge on any atom is 0.330 e. The summed E-state index contributed by atoms with van der Waals surface area (Å²) in [6.07, 6.45) is 0.128. The fraction of sp³-hybridized carbons (Fsp3) is 0.478. The Morgan fingerprint density at radius 2 is 1.65 bits per heavy atom. The van der Waals surface area contributed by atoms with Gasteiger partial charge in [-0.05, 0) is 25.0 Å². The molecule has 2 aliphatic rings. The molecule has 4 rings (SSSR count). The van der Waals surface area contributed by atoms with Gasteiger partial charge in [-0.25, -0.2) is 4.79 Å². The summed E-state index contributed by atoms with van der Waals surface area (Å²) in [7, 11) is 0. The summed E-state index contributed by atoms with van der Waals surface area (Å²) in [5.74, 6) is -0.518. The van der Waals surface area contributed by atoms with Crippen molar-refractivity contribution in [1.82, 2.24) is 14.5 Å². The van der Waals surface area contributed by atoms with Gasteiger partial charge in [0.05, 0.1) is 17.7 Å². The number of aliphatic hydroxyl groups excluding tert-OH is 2. The number of unbranched alkanes of at least 4 members (excludes halogenated alkanes) is 3. The van der Waals surface area contributed by atoms with Gasteiger partial charge in [0.2, 0.25) is 0 Å². The summed E-state index contributed by atoms with van der Waals surface area (Å²) in [6.45, 7) is 0.239. The van der Waals surface area contributed by atoms with Crippen LogP contribution in [-0.2, 0) is 9.47 Å². The molecule has 1 aromatic carbocycles. The van der Waals surface area contributed by atoms with E-state index in [9.17, 15) is 29.4 Å². The van der Waals surface area contributed by atoms with Gasteiger partial charge >= 0.3 is 5.69 Å². The van der Waals surface area contributed by atoms with E-state index in [1.807, 2.05) is 0 Å². The molecule has 1 saturated heterocycles. The number of aromatic amines is 1. The molecule has 3 N–H and O–H groups in total. The van der Waals surface area contributed by atoms with Crippen LogP contribution in [0.3, 0.4) is 0 Å². The van der Waals surface area contributed by atoms with Gasteiger partial charge in [-0.3, -0.25) is 28.8 Å². The van der Waals surface area contributed by atoms with Crippen molar-refractivity contribution in [3.8, 4) is 0 Å².